The fraction of sp³-hybridized carbons (Fsp3) is 0.733. The van der Waals surface area contributed by atoms with Crippen molar-refractivity contribution in [1.29, 1.82) is 0 Å². The van der Waals surface area contributed by atoms with Gasteiger partial charge in [0, 0.05) is 16.7 Å². The molecule has 4 nitrogen and oxygen atoms in total. The van der Waals surface area contributed by atoms with E-state index < -0.39 is 0 Å². The summed E-state index contributed by atoms with van der Waals surface area (Å²) in [7, 11) is 0. The maximum atomic E-state index is 12.4. The maximum Gasteiger partial charge on any atom is 0.182 e. The Morgan fingerprint density at radius 2 is 2.00 bits per heavy atom. The van der Waals surface area contributed by atoms with Gasteiger partial charge in [0.2, 0.25) is 0 Å². The molecule has 0 radical (unpaired) electrons. The fourth-order valence-corrected chi connectivity index (χ4v) is 4.53. The predicted molar refractivity (Wildman–Crippen MR) is 86.7 cm³/mol. The molecule has 1 fully saturated rings. The van der Waals surface area contributed by atoms with Gasteiger partial charge >= 0.3 is 0 Å². The van der Waals surface area contributed by atoms with Crippen LogP contribution in [0.5, 0.6) is 0 Å². The lowest BCUT2D eigenvalue weighted by Gasteiger charge is -2.39. The van der Waals surface area contributed by atoms with Gasteiger partial charge in [0.1, 0.15) is 10.7 Å². The van der Waals surface area contributed by atoms with Crippen molar-refractivity contribution in [3.05, 3.63) is 15.6 Å². The summed E-state index contributed by atoms with van der Waals surface area (Å²) in [5, 5.41) is 13.8. The molecule has 0 atom stereocenters. The highest BCUT2D eigenvalue weighted by Gasteiger charge is 2.42. The molecule has 21 heavy (non-hydrogen) atoms. The van der Waals surface area contributed by atoms with Gasteiger partial charge in [-0.15, -0.1) is 23.7 Å². The molecule has 1 spiro atoms. The second-order valence-electron chi connectivity index (χ2n) is 6.86. The molecule has 3 rings (SSSR count). The van der Waals surface area contributed by atoms with E-state index in [0.717, 1.165) is 42.2 Å². The lowest BCUT2D eigenvalue weighted by atomic mass is 9.69. The van der Waals surface area contributed by atoms with E-state index in [9.17, 15) is 9.90 Å². The van der Waals surface area contributed by atoms with Gasteiger partial charge < -0.3 is 10.4 Å². The summed E-state index contributed by atoms with van der Waals surface area (Å²) in [5.74, 6) is 0.199. The van der Waals surface area contributed by atoms with Crippen LogP contribution in [0.2, 0.25) is 0 Å². The second kappa shape index (κ2) is 5.95. The normalized spacial score (nSPS) is 21.0. The molecule has 0 amide bonds. The molecule has 0 unspecified atom stereocenters. The van der Waals surface area contributed by atoms with E-state index in [0.29, 0.717) is 12.1 Å². The third-order valence-electron chi connectivity index (χ3n) is 4.67. The Hall–Kier alpha value is -0.490. The largest absolute Gasteiger partial charge is 0.395 e. The molecule has 0 aromatic carbocycles. The molecule has 0 bridgehead atoms. The van der Waals surface area contributed by atoms with Crippen molar-refractivity contribution in [2.45, 2.75) is 44.9 Å². The van der Waals surface area contributed by atoms with Crippen molar-refractivity contribution >= 4 is 29.5 Å². The summed E-state index contributed by atoms with van der Waals surface area (Å²) in [5.41, 5.74) is 0.474. The van der Waals surface area contributed by atoms with E-state index in [1.165, 1.54) is 0 Å². The summed E-state index contributed by atoms with van der Waals surface area (Å²) in [6, 6.07) is 0. The number of hydrogen-bond acceptors (Lipinski definition) is 5. The number of nitrogens with one attached hydrogen (secondary N) is 1. The Labute approximate surface area is 135 Å². The van der Waals surface area contributed by atoms with Crippen molar-refractivity contribution in [3.63, 3.8) is 0 Å². The van der Waals surface area contributed by atoms with E-state index in [2.05, 4.69) is 10.3 Å². The lowest BCUT2D eigenvalue weighted by molar-refractivity contribution is 0.0833. The minimum absolute atomic E-state index is 0. The summed E-state index contributed by atoms with van der Waals surface area (Å²) >= 11 is 1.63. The van der Waals surface area contributed by atoms with Crippen LogP contribution in [0.1, 0.15) is 53.5 Å². The molecule has 1 saturated heterocycles. The van der Waals surface area contributed by atoms with E-state index >= 15 is 0 Å². The number of fused-ring (bicyclic) bond motifs is 1. The highest BCUT2D eigenvalue weighted by molar-refractivity contribution is 7.12. The quantitative estimate of drug-likeness (QED) is 0.873. The minimum atomic E-state index is -0.358. The molecule has 1 aliphatic heterocycles. The molecular weight excluding hydrogens is 308 g/mol. The van der Waals surface area contributed by atoms with Gasteiger partial charge in [-0.3, -0.25) is 4.79 Å². The number of piperidine rings is 1. The predicted octanol–water partition coefficient (Wildman–Crippen LogP) is 2.33. The standard InChI is InChI=1S/C15H22N2O2S.ClH/c1-14(2,9-18)13-17-12-10(19)7-15(8-11(12)20-13)3-5-16-6-4-15;/h16,18H,3-9H2,1-2H3;1H. The van der Waals surface area contributed by atoms with Crippen molar-refractivity contribution in [2.75, 3.05) is 19.7 Å². The first kappa shape index (κ1) is 16.9. The summed E-state index contributed by atoms with van der Waals surface area (Å²) in [4.78, 5) is 18.1. The smallest absolute Gasteiger partial charge is 0.182 e. The van der Waals surface area contributed by atoms with Gasteiger partial charge in [0.05, 0.1) is 6.61 Å². The van der Waals surface area contributed by atoms with Crippen LogP contribution in [0.15, 0.2) is 0 Å². The van der Waals surface area contributed by atoms with E-state index in [1.807, 2.05) is 13.8 Å². The highest BCUT2D eigenvalue weighted by Crippen LogP contribution is 2.44. The zero-order valence-electron chi connectivity index (χ0n) is 12.6. The van der Waals surface area contributed by atoms with Crippen LogP contribution in [-0.4, -0.2) is 35.6 Å². The zero-order valence-corrected chi connectivity index (χ0v) is 14.2. The fourth-order valence-electron chi connectivity index (χ4n) is 3.18. The van der Waals surface area contributed by atoms with Gasteiger partial charge in [0.25, 0.3) is 0 Å². The molecule has 1 aromatic rings. The number of ketones is 1. The van der Waals surface area contributed by atoms with Crippen LogP contribution in [0.25, 0.3) is 0 Å². The van der Waals surface area contributed by atoms with Crippen molar-refractivity contribution in [2.24, 2.45) is 5.41 Å². The first-order valence-corrected chi connectivity index (χ1v) is 8.12. The Kier molecular flexibility index (Phi) is 4.78. The van der Waals surface area contributed by atoms with Crippen molar-refractivity contribution < 1.29 is 9.90 Å². The topological polar surface area (TPSA) is 62.2 Å². The minimum Gasteiger partial charge on any atom is -0.395 e. The van der Waals surface area contributed by atoms with Gasteiger partial charge in [0.15, 0.2) is 5.78 Å². The number of aliphatic hydroxyl groups is 1. The SMILES string of the molecule is CC(C)(CO)c1nc2c(s1)CC1(CCNCC1)CC2=O.Cl. The average molecular weight is 331 g/mol. The van der Waals surface area contributed by atoms with Crippen LogP contribution in [0.4, 0.5) is 0 Å². The summed E-state index contributed by atoms with van der Waals surface area (Å²) in [6.07, 6.45) is 3.78. The first-order chi connectivity index (χ1) is 9.46. The molecule has 6 heteroatoms. The Balaban J connectivity index is 0.00000161. The summed E-state index contributed by atoms with van der Waals surface area (Å²) < 4.78 is 0. The number of aromatic nitrogens is 1. The number of hydrogen-bond donors (Lipinski definition) is 2. The van der Waals surface area contributed by atoms with Gasteiger partial charge in [-0.2, -0.15) is 0 Å². The number of halogens is 1. The van der Waals surface area contributed by atoms with Gasteiger partial charge in [-0.25, -0.2) is 4.98 Å². The second-order valence-corrected chi connectivity index (χ2v) is 7.94. The number of Topliss-reactive ketones (excluding diaryl/α,β-unsaturated/α-hetero) is 1. The van der Waals surface area contributed by atoms with Crippen molar-refractivity contribution in [1.82, 2.24) is 10.3 Å². The molecule has 2 aliphatic rings. The zero-order chi connectivity index (χ0) is 14.4. The number of carbonyl (C=O) groups is 1. The van der Waals surface area contributed by atoms with Crippen LogP contribution < -0.4 is 5.32 Å². The number of nitrogens with zero attached hydrogens (tertiary/aromatic N) is 1. The molecular formula is C15H23ClN2O2S. The van der Waals surface area contributed by atoms with Crippen LogP contribution in [0.3, 0.4) is 0 Å². The Morgan fingerprint density at radius 3 is 2.62 bits per heavy atom. The van der Waals surface area contributed by atoms with E-state index in [-0.39, 0.29) is 35.6 Å². The Bertz CT molecular complexity index is 536. The van der Waals surface area contributed by atoms with Crippen LogP contribution in [0, 0.1) is 5.41 Å². The average Bonchev–Trinajstić information content (AvgIpc) is 2.84. The maximum absolute atomic E-state index is 12.4. The number of thiazole rings is 1. The third kappa shape index (κ3) is 3.02. The van der Waals surface area contributed by atoms with Gasteiger partial charge in [-0.1, -0.05) is 13.8 Å². The molecule has 118 valence electrons. The Morgan fingerprint density at radius 1 is 1.33 bits per heavy atom. The molecule has 2 N–H and O–H groups in total. The lowest BCUT2D eigenvalue weighted by Crippen LogP contribution is -2.41. The molecule has 2 heterocycles. The summed E-state index contributed by atoms with van der Waals surface area (Å²) in [6.45, 7) is 6.03. The molecule has 0 saturated carbocycles. The molecule has 1 aromatic heterocycles. The third-order valence-corrected chi connectivity index (χ3v) is 6.09. The van der Waals surface area contributed by atoms with Crippen LogP contribution in [-0.2, 0) is 11.8 Å². The number of carbonyl (C=O) groups excluding carboxylic acids is 1. The van der Waals surface area contributed by atoms with Gasteiger partial charge in [-0.05, 0) is 37.8 Å². The first-order valence-electron chi connectivity index (χ1n) is 7.31. The van der Waals surface area contributed by atoms with Crippen LogP contribution >= 0.6 is 23.7 Å². The van der Waals surface area contributed by atoms with E-state index in [4.69, 9.17) is 0 Å². The monoisotopic (exact) mass is 330 g/mol. The number of aliphatic hydroxyl groups excluding tert-OH is 1. The highest BCUT2D eigenvalue weighted by atomic mass is 35.5. The van der Waals surface area contributed by atoms with E-state index in [1.54, 1.807) is 11.3 Å². The van der Waals surface area contributed by atoms with Crippen molar-refractivity contribution in [3.8, 4) is 0 Å². The molecule has 1 aliphatic carbocycles. The number of rotatable bonds is 2.